The Morgan fingerprint density at radius 2 is 2.13 bits per heavy atom. The van der Waals surface area contributed by atoms with Crippen LogP contribution in [0, 0.1) is 0 Å². The van der Waals surface area contributed by atoms with Crippen LogP contribution in [0.3, 0.4) is 0 Å². The summed E-state index contributed by atoms with van der Waals surface area (Å²) in [6, 6.07) is 0.505. The lowest BCUT2D eigenvalue weighted by molar-refractivity contribution is 0.151. The first-order chi connectivity index (χ1) is 7.03. The first-order valence-electron chi connectivity index (χ1n) is 5.65. The summed E-state index contributed by atoms with van der Waals surface area (Å²) in [4.78, 5) is 2.29. The number of nitrogens with two attached hydrogens (primary N) is 1. The van der Waals surface area contributed by atoms with E-state index in [4.69, 9.17) is 5.73 Å². The fraction of sp³-hybridized carbons (Fsp3) is 1.00. The Morgan fingerprint density at radius 1 is 1.40 bits per heavy atom. The number of likely N-dealkylation sites (tertiary alicyclic amines) is 1. The second-order valence-electron chi connectivity index (χ2n) is 4.39. The van der Waals surface area contributed by atoms with Gasteiger partial charge in [0.05, 0.1) is 5.75 Å². The normalized spacial score (nSPS) is 24.3. The van der Waals surface area contributed by atoms with Crippen LogP contribution < -0.4 is 5.73 Å². The van der Waals surface area contributed by atoms with Gasteiger partial charge in [-0.1, -0.05) is 6.42 Å². The minimum Gasteiger partial charge on any atom is -0.330 e. The van der Waals surface area contributed by atoms with Crippen molar-refractivity contribution in [3.63, 3.8) is 0 Å². The minimum absolute atomic E-state index is 0.272. The van der Waals surface area contributed by atoms with Gasteiger partial charge < -0.3 is 5.73 Å². The van der Waals surface area contributed by atoms with Gasteiger partial charge >= 0.3 is 0 Å². The average molecular weight is 234 g/mol. The van der Waals surface area contributed by atoms with Crippen molar-refractivity contribution in [2.75, 3.05) is 31.6 Å². The standard InChI is InChI=1S/C10H22N2O2S/c1-15(13,14)9-8-12-7-3-2-4-10(12)5-6-11/h10H,2-9,11H2,1H3. The van der Waals surface area contributed by atoms with Gasteiger partial charge in [0.2, 0.25) is 0 Å². The first kappa shape index (κ1) is 12.9. The van der Waals surface area contributed by atoms with Gasteiger partial charge in [0.25, 0.3) is 0 Å². The molecule has 0 aromatic heterocycles. The molecule has 0 radical (unpaired) electrons. The highest BCUT2D eigenvalue weighted by Gasteiger charge is 2.22. The average Bonchev–Trinajstić information content (AvgIpc) is 2.16. The van der Waals surface area contributed by atoms with Crippen LogP contribution in [0.2, 0.25) is 0 Å². The van der Waals surface area contributed by atoms with E-state index >= 15 is 0 Å². The van der Waals surface area contributed by atoms with Gasteiger partial charge in [-0.15, -0.1) is 0 Å². The van der Waals surface area contributed by atoms with Gasteiger partial charge in [-0.3, -0.25) is 4.90 Å². The van der Waals surface area contributed by atoms with E-state index < -0.39 is 9.84 Å². The van der Waals surface area contributed by atoms with Gasteiger partial charge in [-0.2, -0.15) is 0 Å². The van der Waals surface area contributed by atoms with Crippen LogP contribution in [0.25, 0.3) is 0 Å². The summed E-state index contributed by atoms with van der Waals surface area (Å²) in [5.74, 6) is 0.272. The van der Waals surface area contributed by atoms with Crippen molar-refractivity contribution < 1.29 is 8.42 Å². The molecule has 0 spiro atoms. The Balaban J connectivity index is 2.42. The van der Waals surface area contributed by atoms with Crippen molar-refractivity contribution in [2.24, 2.45) is 5.73 Å². The van der Waals surface area contributed by atoms with Crippen LogP contribution in [0.5, 0.6) is 0 Å². The molecule has 1 rings (SSSR count). The molecule has 0 aliphatic carbocycles. The highest BCUT2D eigenvalue weighted by molar-refractivity contribution is 7.90. The van der Waals surface area contributed by atoms with Crippen LogP contribution in [0.15, 0.2) is 0 Å². The zero-order chi connectivity index (χ0) is 11.3. The molecule has 1 saturated heterocycles. The van der Waals surface area contributed by atoms with E-state index in [2.05, 4.69) is 4.90 Å². The van der Waals surface area contributed by atoms with Crippen LogP contribution in [0.1, 0.15) is 25.7 Å². The molecule has 0 amide bonds. The lowest BCUT2D eigenvalue weighted by atomic mass is 9.99. The van der Waals surface area contributed by atoms with Gasteiger partial charge in [0.15, 0.2) is 0 Å². The third kappa shape index (κ3) is 4.95. The highest BCUT2D eigenvalue weighted by atomic mass is 32.2. The zero-order valence-electron chi connectivity index (χ0n) is 9.48. The maximum atomic E-state index is 11.1. The van der Waals surface area contributed by atoms with Crippen LogP contribution >= 0.6 is 0 Å². The lowest BCUT2D eigenvalue weighted by Gasteiger charge is -2.35. The molecule has 1 aliphatic heterocycles. The van der Waals surface area contributed by atoms with E-state index in [1.54, 1.807) is 0 Å². The predicted molar refractivity (Wildman–Crippen MR) is 62.6 cm³/mol. The van der Waals surface area contributed by atoms with Gasteiger partial charge in [-0.05, 0) is 32.4 Å². The van der Waals surface area contributed by atoms with E-state index in [-0.39, 0.29) is 5.75 Å². The van der Waals surface area contributed by atoms with Crippen LogP contribution in [-0.2, 0) is 9.84 Å². The van der Waals surface area contributed by atoms with E-state index in [1.165, 1.54) is 25.5 Å². The molecule has 0 saturated carbocycles. The van der Waals surface area contributed by atoms with Gasteiger partial charge in [0, 0.05) is 18.8 Å². The van der Waals surface area contributed by atoms with E-state index in [0.717, 1.165) is 13.0 Å². The Labute approximate surface area is 92.7 Å². The number of rotatable bonds is 5. The lowest BCUT2D eigenvalue weighted by Crippen LogP contribution is -2.42. The highest BCUT2D eigenvalue weighted by Crippen LogP contribution is 2.18. The number of hydrogen-bond donors (Lipinski definition) is 1. The number of nitrogens with zero attached hydrogens (tertiary/aromatic N) is 1. The van der Waals surface area contributed by atoms with Gasteiger partial charge in [-0.25, -0.2) is 8.42 Å². The molecule has 4 nitrogen and oxygen atoms in total. The molecule has 15 heavy (non-hydrogen) atoms. The smallest absolute Gasteiger partial charge is 0.148 e. The van der Waals surface area contributed by atoms with Crippen LogP contribution in [0.4, 0.5) is 0 Å². The second kappa shape index (κ2) is 5.82. The topological polar surface area (TPSA) is 63.4 Å². The molecule has 0 bridgehead atoms. The Hall–Kier alpha value is -0.130. The molecular formula is C10H22N2O2S. The third-order valence-corrected chi connectivity index (χ3v) is 3.92. The molecule has 1 aliphatic rings. The minimum atomic E-state index is -2.83. The summed E-state index contributed by atoms with van der Waals surface area (Å²) in [6.07, 6.45) is 5.89. The van der Waals surface area contributed by atoms with Crippen molar-refractivity contribution in [1.82, 2.24) is 4.90 Å². The Bertz CT molecular complexity index is 275. The maximum Gasteiger partial charge on any atom is 0.148 e. The molecule has 0 aromatic rings. The molecule has 1 unspecified atom stereocenters. The molecule has 1 atom stereocenters. The monoisotopic (exact) mass is 234 g/mol. The SMILES string of the molecule is CS(=O)(=O)CCN1CCCCC1CCN. The largest absolute Gasteiger partial charge is 0.330 e. The van der Waals surface area contributed by atoms with Crippen molar-refractivity contribution >= 4 is 9.84 Å². The first-order valence-corrected chi connectivity index (χ1v) is 7.71. The van der Waals surface area contributed by atoms with Crippen LogP contribution in [-0.4, -0.2) is 51.0 Å². The van der Waals surface area contributed by atoms with E-state index in [1.807, 2.05) is 0 Å². The number of hydrogen-bond acceptors (Lipinski definition) is 4. The van der Waals surface area contributed by atoms with Crippen molar-refractivity contribution in [3.05, 3.63) is 0 Å². The summed E-state index contributed by atoms with van der Waals surface area (Å²) < 4.78 is 22.2. The summed E-state index contributed by atoms with van der Waals surface area (Å²) in [7, 11) is -2.83. The molecule has 1 fully saturated rings. The maximum absolute atomic E-state index is 11.1. The summed E-state index contributed by atoms with van der Waals surface area (Å²) >= 11 is 0. The summed E-state index contributed by atoms with van der Waals surface area (Å²) in [6.45, 7) is 2.39. The summed E-state index contributed by atoms with van der Waals surface area (Å²) in [5, 5.41) is 0. The molecule has 5 heteroatoms. The second-order valence-corrected chi connectivity index (χ2v) is 6.65. The number of piperidine rings is 1. The Kier molecular flexibility index (Phi) is 5.02. The molecular weight excluding hydrogens is 212 g/mol. The zero-order valence-corrected chi connectivity index (χ0v) is 10.3. The molecule has 1 heterocycles. The molecule has 2 N–H and O–H groups in total. The quantitative estimate of drug-likeness (QED) is 0.740. The number of sulfone groups is 1. The van der Waals surface area contributed by atoms with Crippen molar-refractivity contribution in [1.29, 1.82) is 0 Å². The molecule has 90 valence electrons. The fourth-order valence-corrected chi connectivity index (χ4v) is 2.72. The van der Waals surface area contributed by atoms with E-state index in [0.29, 0.717) is 19.1 Å². The molecule has 0 aromatic carbocycles. The van der Waals surface area contributed by atoms with E-state index in [9.17, 15) is 8.42 Å². The van der Waals surface area contributed by atoms with Gasteiger partial charge in [0.1, 0.15) is 9.84 Å². The van der Waals surface area contributed by atoms with Crippen molar-refractivity contribution in [3.8, 4) is 0 Å². The van der Waals surface area contributed by atoms with Crippen molar-refractivity contribution in [2.45, 2.75) is 31.7 Å². The summed E-state index contributed by atoms with van der Waals surface area (Å²) in [5.41, 5.74) is 5.56. The fourth-order valence-electron chi connectivity index (χ4n) is 2.16. The Morgan fingerprint density at radius 3 is 2.73 bits per heavy atom. The third-order valence-electron chi connectivity index (χ3n) is 3.00. The predicted octanol–water partition coefficient (Wildman–Crippen LogP) is 0.234.